The lowest BCUT2D eigenvalue weighted by molar-refractivity contribution is -0.128. The fourth-order valence-corrected chi connectivity index (χ4v) is 2.66. The monoisotopic (exact) mass is 341 g/mol. The van der Waals surface area contributed by atoms with Gasteiger partial charge < -0.3 is 14.8 Å². The summed E-state index contributed by atoms with van der Waals surface area (Å²) in [6.45, 7) is 6.06. The molecule has 25 heavy (non-hydrogen) atoms. The summed E-state index contributed by atoms with van der Waals surface area (Å²) in [6, 6.07) is 17.3. The molecular weight excluding hydrogens is 314 g/mol. The number of methoxy groups -OCH3 is 1. The van der Waals surface area contributed by atoms with E-state index in [0.717, 1.165) is 12.0 Å². The Labute approximate surface area is 150 Å². The normalized spacial score (nSPS) is 13.2. The topological polar surface area (TPSA) is 47.6 Å². The highest BCUT2D eigenvalue weighted by molar-refractivity contribution is 5.81. The zero-order valence-electron chi connectivity index (χ0n) is 15.4. The molecule has 0 saturated heterocycles. The van der Waals surface area contributed by atoms with Gasteiger partial charge in [0, 0.05) is 6.07 Å². The number of ether oxygens (including phenoxy) is 2. The fraction of sp³-hybridized carbons (Fsp3) is 0.381. The van der Waals surface area contributed by atoms with Crippen molar-refractivity contribution in [3.05, 3.63) is 60.2 Å². The Morgan fingerprint density at radius 2 is 1.68 bits per heavy atom. The zero-order chi connectivity index (χ0) is 18.2. The first-order valence-corrected chi connectivity index (χ1v) is 8.65. The first-order valence-electron chi connectivity index (χ1n) is 8.65. The summed E-state index contributed by atoms with van der Waals surface area (Å²) in [5.74, 6) is 1.66. The Kier molecular flexibility index (Phi) is 6.87. The Balaban J connectivity index is 2.03. The number of amides is 1. The van der Waals surface area contributed by atoms with Crippen LogP contribution in [0.1, 0.15) is 38.8 Å². The Hall–Kier alpha value is -2.49. The molecule has 0 aliphatic carbocycles. The van der Waals surface area contributed by atoms with Gasteiger partial charge in [-0.1, -0.05) is 50.2 Å². The standard InChI is InChI=1S/C21H27NO3/c1-15(2)13-20(17-9-6-5-7-10-17)22-21(23)16(3)25-19-12-8-11-18(14-19)24-4/h5-12,14-16,20H,13H2,1-4H3,(H,22,23)/t16-,20+/m1/s1. The van der Waals surface area contributed by atoms with Gasteiger partial charge in [-0.25, -0.2) is 0 Å². The molecule has 4 nitrogen and oxygen atoms in total. The van der Waals surface area contributed by atoms with Crippen LogP contribution in [0.15, 0.2) is 54.6 Å². The average molecular weight is 341 g/mol. The maximum atomic E-state index is 12.6. The number of benzene rings is 2. The van der Waals surface area contributed by atoms with Gasteiger partial charge in [0.2, 0.25) is 0 Å². The van der Waals surface area contributed by atoms with E-state index in [2.05, 4.69) is 19.2 Å². The molecule has 0 aliphatic heterocycles. The third-order valence-electron chi connectivity index (χ3n) is 3.95. The largest absolute Gasteiger partial charge is 0.497 e. The van der Waals surface area contributed by atoms with Crippen molar-refractivity contribution in [3.63, 3.8) is 0 Å². The Morgan fingerprint density at radius 3 is 2.32 bits per heavy atom. The SMILES string of the molecule is COc1cccc(O[C@H](C)C(=O)N[C@@H](CC(C)C)c2ccccc2)c1. The van der Waals surface area contributed by atoms with Crippen LogP contribution in [0.25, 0.3) is 0 Å². The van der Waals surface area contributed by atoms with Crippen molar-refractivity contribution in [2.45, 2.75) is 39.3 Å². The third-order valence-corrected chi connectivity index (χ3v) is 3.95. The van der Waals surface area contributed by atoms with Crippen LogP contribution in [-0.4, -0.2) is 19.1 Å². The second-order valence-electron chi connectivity index (χ2n) is 6.54. The summed E-state index contributed by atoms with van der Waals surface area (Å²) in [7, 11) is 1.60. The fourth-order valence-electron chi connectivity index (χ4n) is 2.66. The average Bonchev–Trinajstić information content (AvgIpc) is 2.61. The van der Waals surface area contributed by atoms with E-state index in [-0.39, 0.29) is 11.9 Å². The molecule has 134 valence electrons. The molecule has 0 saturated carbocycles. The predicted octanol–water partition coefficient (Wildman–Crippen LogP) is 4.37. The van der Waals surface area contributed by atoms with Crippen molar-refractivity contribution in [1.82, 2.24) is 5.32 Å². The van der Waals surface area contributed by atoms with Crippen LogP contribution in [-0.2, 0) is 4.79 Å². The van der Waals surface area contributed by atoms with Crippen LogP contribution >= 0.6 is 0 Å². The molecule has 0 spiro atoms. The highest BCUT2D eigenvalue weighted by atomic mass is 16.5. The van der Waals surface area contributed by atoms with Crippen molar-refractivity contribution in [3.8, 4) is 11.5 Å². The summed E-state index contributed by atoms with van der Waals surface area (Å²) in [5.41, 5.74) is 1.11. The number of carbonyl (C=O) groups is 1. The van der Waals surface area contributed by atoms with Crippen LogP contribution in [0, 0.1) is 5.92 Å². The summed E-state index contributed by atoms with van der Waals surface area (Å²) in [4.78, 5) is 12.6. The second-order valence-corrected chi connectivity index (χ2v) is 6.54. The number of rotatable bonds is 8. The number of carbonyl (C=O) groups excluding carboxylic acids is 1. The number of hydrogen-bond donors (Lipinski definition) is 1. The first kappa shape index (κ1) is 18.8. The minimum Gasteiger partial charge on any atom is -0.497 e. The Bertz CT molecular complexity index is 670. The summed E-state index contributed by atoms with van der Waals surface area (Å²) in [5, 5.41) is 3.12. The minimum absolute atomic E-state index is 0.0231. The summed E-state index contributed by atoms with van der Waals surface area (Å²) < 4.78 is 11.0. The number of nitrogens with one attached hydrogen (secondary N) is 1. The van der Waals surface area contributed by atoms with Crippen molar-refractivity contribution in [2.24, 2.45) is 5.92 Å². The molecule has 2 atom stereocenters. The molecule has 2 aromatic rings. The van der Waals surface area contributed by atoms with E-state index in [1.54, 1.807) is 20.1 Å². The lowest BCUT2D eigenvalue weighted by Crippen LogP contribution is -2.39. The van der Waals surface area contributed by atoms with Gasteiger partial charge in [-0.3, -0.25) is 4.79 Å². The highest BCUT2D eigenvalue weighted by Crippen LogP contribution is 2.23. The maximum Gasteiger partial charge on any atom is 0.261 e. The summed E-state index contributed by atoms with van der Waals surface area (Å²) >= 11 is 0. The second kappa shape index (κ2) is 9.11. The van der Waals surface area contributed by atoms with E-state index in [4.69, 9.17) is 9.47 Å². The van der Waals surface area contributed by atoms with E-state index in [1.165, 1.54) is 0 Å². The van der Waals surface area contributed by atoms with Gasteiger partial charge in [-0.05, 0) is 37.0 Å². The van der Waals surface area contributed by atoms with Crippen molar-refractivity contribution in [1.29, 1.82) is 0 Å². The summed E-state index contributed by atoms with van der Waals surface area (Å²) in [6.07, 6.45) is 0.284. The molecule has 4 heteroatoms. The molecule has 0 radical (unpaired) electrons. The Morgan fingerprint density at radius 1 is 1.00 bits per heavy atom. The minimum atomic E-state index is -0.592. The number of hydrogen-bond acceptors (Lipinski definition) is 3. The van der Waals surface area contributed by atoms with Crippen LogP contribution in [0.2, 0.25) is 0 Å². The zero-order valence-corrected chi connectivity index (χ0v) is 15.4. The van der Waals surface area contributed by atoms with Crippen LogP contribution < -0.4 is 14.8 Å². The van der Waals surface area contributed by atoms with Gasteiger partial charge >= 0.3 is 0 Å². The van der Waals surface area contributed by atoms with E-state index in [9.17, 15) is 4.79 Å². The van der Waals surface area contributed by atoms with Crippen LogP contribution in [0.4, 0.5) is 0 Å². The van der Waals surface area contributed by atoms with Gasteiger partial charge in [0.15, 0.2) is 6.10 Å². The predicted molar refractivity (Wildman–Crippen MR) is 99.9 cm³/mol. The maximum absolute atomic E-state index is 12.6. The molecule has 0 aromatic heterocycles. The van der Waals surface area contributed by atoms with Crippen LogP contribution in [0.5, 0.6) is 11.5 Å². The van der Waals surface area contributed by atoms with Crippen molar-refractivity contribution in [2.75, 3.05) is 7.11 Å². The van der Waals surface area contributed by atoms with Gasteiger partial charge in [0.05, 0.1) is 13.2 Å². The molecule has 0 bridgehead atoms. The molecule has 0 heterocycles. The van der Waals surface area contributed by atoms with Crippen molar-refractivity contribution < 1.29 is 14.3 Å². The molecule has 0 fully saturated rings. The van der Waals surface area contributed by atoms with E-state index in [1.807, 2.05) is 48.5 Å². The molecule has 1 amide bonds. The van der Waals surface area contributed by atoms with Crippen molar-refractivity contribution >= 4 is 5.91 Å². The van der Waals surface area contributed by atoms with Gasteiger partial charge in [0.25, 0.3) is 5.91 Å². The molecule has 2 aromatic carbocycles. The molecular formula is C21H27NO3. The van der Waals surface area contributed by atoms with Gasteiger partial charge in [-0.15, -0.1) is 0 Å². The molecule has 2 rings (SSSR count). The third kappa shape index (κ3) is 5.82. The smallest absolute Gasteiger partial charge is 0.261 e. The van der Waals surface area contributed by atoms with Crippen LogP contribution in [0.3, 0.4) is 0 Å². The first-order chi connectivity index (χ1) is 12.0. The molecule has 0 unspecified atom stereocenters. The van der Waals surface area contributed by atoms with Gasteiger partial charge in [-0.2, -0.15) is 0 Å². The molecule has 0 aliphatic rings. The lowest BCUT2D eigenvalue weighted by Gasteiger charge is -2.23. The van der Waals surface area contributed by atoms with Gasteiger partial charge in [0.1, 0.15) is 11.5 Å². The highest BCUT2D eigenvalue weighted by Gasteiger charge is 2.21. The quantitative estimate of drug-likeness (QED) is 0.776. The lowest BCUT2D eigenvalue weighted by atomic mass is 9.97. The van der Waals surface area contributed by atoms with E-state index >= 15 is 0 Å². The van der Waals surface area contributed by atoms with E-state index < -0.39 is 6.10 Å². The van der Waals surface area contributed by atoms with E-state index in [0.29, 0.717) is 17.4 Å². The molecule has 1 N–H and O–H groups in total.